The van der Waals surface area contributed by atoms with E-state index >= 15 is 0 Å². The van der Waals surface area contributed by atoms with E-state index in [9.17, 15) is 10.1 Å². The van der Waals surface area contributed by atoms with Crippen molar-refractivity contribution in [3.63, 3.8) is 0 Å². The molecule has 0 amide bonds. The zero-order valence-corrected chi connectivity index (χ0v) is 21.4. The maximum Gasteiger partial charge on any atom is 0.337 e. The number of halogens is 1. The predicted octanol–water partition coefficient (Wildman–Crippen LogP) is 6.44. The third kappa shape index (κ3) is 5.23. The van der Waals surface area contributed by atoms with Crippen molar-refractivity contribution in [2.24, 2.45) is 0 Å². The molecule has 0 radical (unpaired) electrons. The summed E-state index contributed by atoms with van der Waals surface area (Å²) < 4.78 is 7.22. The van der Waals surface area contributed by atoms with Gasteiger partial charge in [-0.15, -0.1) is 0 Å². The number of nitrogens with one attached hydrogen (secondary N) is 1. The molecule has 2 aromatic heterocycles. The minimum absolute atomic E-state index is 0.362. The van der Waals surface area contributed by atoms with Crippen LogP contribution in [0.4, 0.5) is 0 Å². The lowest BCUT2D eigenvalue weighted by atomic mass is 9.99. The third-order valence-corrected chi connectivity index (χ3v) is 7.02. The number of imidazole rings is 1. The van der Waals surface area contributed by atoms with Gasteiger partial charge in [-0.1, -0.05) is 35.9 Å². The number of H-pyrrole nitrogens is 1. The number of rotatable bonds is 9. The van der Waals surface area contributed by atoms with Gasteiger partial charge in [-0.25, -0.2) is 9.78 Å². The number of fused-ring (bicyclic) bond motifs is 2. The standard InChI is InChI=1S/C30H27ClN4O2/c1-37-30(36)21-10-14-28-24(19-21)23(13-9-20-7-11-22(31)12-8-20)27(35(28)18-4-17-32)15-16-29-33-25-5-2-3-6-26(25)34-29/h2-3,5-8,10-12,14,19H,4,9,13,15-16,18H2,1H3,(H,33,34). The van der Waals surface area contributed by atoms with E-state index in [0.29, 0.717) is 23.6 Å². The Morgan fingerprint density at radius 1 is 1.05 bits per heavy atom. The van der Waals surface area contributed by atoms with Gasteiger partial charge in [-0.05, 0) is 72.9 Å². The van der Waals surface area contributed by atoms with Gasteiger partial charge in [-0.2, -0.15) is 5.26 Å². The highest BCUT2D eigenvalue weighted by atomic mass is 35.5. The van der Waals surface area contributed by atoms with Crippen LogP contribution in [-0.4, -0.2) is 27.6 Å². The number of ether oxygens (including phenoxy) is 1. The summed E-state index contributed by atoms with van der Waals surface area (Å²) in [5.74, 6) is 0.566. The SMILES string of the molecule is COC(=O)c1ccc2c(c1)c(CCc1ccc(Cl)cc1)c(CCc1nc3ccccc3[nH]1)n2CCC#N. The smallest absolute Gasteiger partial charge is 0.337 e. The van der Waals surface area contributed by atoms with E-state index in [1.54, 1.807) is 6.07 Å². The third-order valence-electron chi connectivity index (χ3n) is 6.77. The Kier molecular flexibility index (Phi) is 7.25. The Morgan fingerprint density at radius 2 is 1.86 bits per heavy atom. The van der Waals surface area contributed by atoms with E-state index < -0.39 is 0 Å². The molecule has 0 unspecified atom stereocenters. The minimum atomic E-state index is -0.362. The summed E-state index contributed by atoms with van der Waals surface area (Å²) in [5.41, 5.74) is 7.06. The van der Waals surface area contributed by atoms with Crippen LogP contribution < -0.4 is 0 Å². The number of methoxy groups -OCH3 is 1. The molecule has 5 rings (SSSR count). The zero-order chi connectivity index (χ0) is 25.8. The fraction of sp³-hybridized carbons (Fsp3) is 0.233. The monoisotopic (exact) mass is 510 g/mol. The molecule has 7 heteroatoms. The molecule has 0 aliphatic carbocycles. The Bertz CT molecular complexity index is 1580. The van der Waals surface area contributed by atoms with E-state index in [2.05, 4.69) is 15.6 Å². The van der Waals surface area contributed by atoms with Crippen LogP contribution >= 0.6 is 11.6 Å². The van der Waals surface area contributed by atoms with Gasteiger partial charge in [0.15, 0.2) is 0 Å². The van der Waals surface area contributed by atoms with Crippen molar-refractivity contribution >= 4 is 39.5 Å². The van der Waals surface area contributed by atoms with Crippen LogP contribution in [0.2, 0.25) is 5.02 Å². The topological polar surface area (TPSA) is 83.7 Å². The number of carbonyl (C=O) groups excluding carboxylic acids is 1. The molecule has 186 valence electrons. The Labute approximate surface area is 220 Å². The molecular formula is C30H27ClN4O2. The molecule has 37 heavy (non-hydrogen) atoms. The first-order valence-electron chi connectivity index (χ1n) is 12.3. The molecule has 0 aliphatic rings. The van der Waals surface area contributed by atoms with Crippen molar-refractivity contribution in [1.82, 2.24) is 14.5 Å². The summed E-state index contributed by atoms with van der Waals surface area (Å²) in [4.78, 5) is 20.5. The number of aromatic amines is 1. The van der Waals surface area contributed by atoms with E-state index in [-0.39, 0.29) is 5.97 Å². The van der Waals surface area contributed by atoms with Crippen molar-refractivity contribution in [3.05, 3.63) is 100.0 Å². The quantitative estimate of drug-likeness (QED) is 0.231. The molecule has 2 heterocycles. The van der Waals surface area contributed by atoms with E-state index in [1.807, 2.05) is 60.7 Å². The number of esters is 1. The largest absolute Gasteiger partial charge is 0.465 e. The second-order valence-corrected chi connectivity index (χ2v) is 9.47. The molecule has 0 fully saturated rings. The Morgan fingerprint density at radius 3 is 2.62 bits per heavy atom. The lowest BCUT2D eigenvalue weighted by molar-refractivity contribution is 0.0601. The van der Waals surface area contributed by atoms with Gasteiger partial charge >= 0.3 is 5.97 Å². The predicted molar refractivity (Wildman–Crippen MR) is 146 cm³/mol. The van der Waals surface area contributed by atoms with Gasteiger partial charge < -0.3 is 14.3 Å². The van der Waals surface area contributed by atoms with Crippen LogP contribution in [0.25, 0.3) is 21.9 Å². The number of aromatic nitrogens is 3. The molecule has 0 saturated carbocycles. The molecule has 3 aromatic carbocycles. The van der Waals surface area contributed by atoms with Crippen molar-refractivity contribution < 1.29 is 9.53 Å². The summed E-state index contributed by atoms with van der Waals surface area (Å²) in [6.07, 6.45) is 3.50. The highest BCUT2D eigenvalue weighted by Gasteiger charge is 2.20. The average molecular weight is 511 g/mol. The van der Waals surface area contributed by atoms with Gasteiger partial charge in [0.05, 0.1) is 36.2 Å². The first-order chi connectivity index (χ1) is 18.1. The first kappa shape index (κ1) is 24.6. The van der Waals surface area contributed by atoms with Crippen LogP contribution in [0.5, 0.6) is 0 Å². The normalized spacial score (nSPS) is 11.2. The van der Waals surface area contributed by atoms with Crippen molar-refractivity contribution in [2.45, 2.75) is 38.6 Å². The second-order valence-electron chi connectivity index (χ2n) is 9.04. The summed E-state index contributed by atoms with van der Waals surface area (Å²) in [6, 6.07) is 23.9. The van der Waals surface area contributed by atoms with Gasteiger partial charge in [0.1, 0.15) is 5.82 Å². The molecule has 0 atom stereocenters. The van der Waals surface area contributed by atoms with Gasteiger partial charge in [0, 0.05) is 34.6 Å². The highest BCUT2D eigenvalue weighted by molar-refractivity contribution is 6.30. The number of nitriles is 1. The maximum absolute atomic E-state index is 12.3. The Balaban J connectivity index is 1.57. The highest BCUT2D eigenvalue weighted by Crippen LogP contribution is 2.31. The van der Waals surface area contributed by atoms with Crippen LogP contribution in [-0.2, 0) is 37.0 Å². The van der Waals surface area contributed by atoms with Crippen molar-refractivity contribution in [2.75, 3.05) is 7.11 Å². The molecule has 5 aromatic rings. The molecule has 0 saturated heterocycles. The zero-order valence-electron chi connectivity index (χ0n) is 20.6. The molecule has 1 N–H and O–H groups in total. The van der Waals surface area contributed by atoms with E-state index in [4.69, 9.17) is 21.3 Å². The molecule has 0 spiro atoms. The summed E-state index contributed by atoms with van der Waals surface area (Å²) in [7, 11) is 1.39. The van der Waals surface area contributed by atoms with E-state index in [0.717, 1.165) is 53.4 Å². The lowest BCUT2D eigenvalue weighted by Crippen LogP contribution is -2.07. The molecular weight excluding hydrogens is 484 g/mol. The Hall–Kier alpha value is -4.08. The van der Waals surface area contributed by atoms with Crippen LogP contribution in [0.3, 0.4) is 0 Å². The minimum Gasteiger partial charge on any atom is -0.465 e. The lowest BCUT2D eigenvalue weighted by Gasteiger charge is -2.11. The van der Waals surface area contributed by atoms with Gasteiger partial charge in [-0.3, -0.25) is 0 Å². The van der Waals surface area contributed by atoms with Crippen molar-refractivity contribution in [3.8, 4) is 6.07 Å². The van der Waals surface area contributed by atoms with E-state index in [1.165, 1.54) is 23.9 Å². The first-order valence-corrected chi connectivity index (χ1v) is 12.7. The maximum atomic E-state index is 12.3. The summed E-state index contributed by atoms with van der Waals surface area (Å²) >= 11 is 6.09. The second kappa shape index (κ2) is 10.9. The summed E-state index contributed by atoms with van der Waals surface area (Å²) in [6.45, 7) is 0.584. The molecule has 0 bridgehead atoms. The van der Waals surface area contributed by atoms with Gasteiger partial charge in [0.25, 0.3) is 0 Å². The fourth-order valence-corrected chi connectivity index (χ4v) is 5.11. The number of carbonyl (C=O) groups is 1. The fourth-order valence-electron chi connectivity index (χ4n) is 4.98. The number of hydrogen-bond donors (Lipinski definition) is 1. The van der Waals surface area contributed by atoms with Crippen LogP contribution in [0.1, 0.15) is 39.4 Å². The van der Waals surface area contributed by atoms with Crippen LogP contribution in [0, 0.1) is 11.3 Å². The van der Waals surface area contributed by atoms with Crippen molar-refractivity contribution in [1.29, 1.82) is 5.26 Å². The number of benzene rings is 3. The average Bonchev–Trinajstić information content (AvgIpc) is 3.47. The van der Waals surface area contributed by atoms with Crippen LogP contribution in [0.15, 0.2) is 66.7 Å². The number of para-hydroxylation sites is 2. The number of hydrogen-bond acceptors (Lipinski definition) is 4. The summed E-state index contributed by atoms with van der Waals surface area (Å²) in [5, 5.41) is 11.1. The number of nitrogens with zero attached hydrogens (tertiary/aromatic N) is 3. The molecule has 0 aliphatic heterocycles. The molecule has 6 nitrogen and oxygen atoms in total. The number of aryl methyl sites for hydroxylation is 4. The van der Waals surface area contributed by atoms with Gasteiger partial charge in [0.2, 0.25) is 0 Å².